The molecule has 1 saturated heterocycles. The average molecular weight is 484 g/mol. The molecule has 36 heavy (non-hydrogen) atoms. The lowest BCUT2D eigenvalue weighted by Gasteiger charge is -2.36. The van der Waals surface area contributed by atoms with Crippen LogP contribution in [0.4, 0.5) is 5.95 Å². The highest BCUT2D eigenvalue weighted by Crippen LogP contribution is 2.28. The molecular weight excluding hydrogens is 454 g/mol. The molecule has 1 aromatic carbocycles. The lowest BCUT2D eigenvalue weighted by atomic mass is 9.90. The van der Waals surface area contributed by atoms with E-state index in [4.69, 9.17) is 5.41 Å². The van der Waals surface area contributed by atoms with Gasteiger partial charge in [0.05, 0.1) is 11.9 Å². The molecule has 0 saturated carbocycles. The van der Waals surface area contributed by atoms with E-state index in [9.17, 15) is 5.11 Å². The minimum atomic E-state index is -1.17. The third-order valence-corrected chi connectivity index (χ3v) is 6.55. The molecule has 0 unspecified atom stereocenters. The molecule has 0 spiro atoms. The highest BCUT2D eigenvalue weighted by molar-refractivity contribution is 6.01. The summed E-state index contributed by atoms with van der Waals surface area (Å²) in [5.41, 5.74) is 3.17. The van der Waals surface area contributed by atoms with Crippen LogP contribution in [0, 0.1) is 5.41 Å². The van der Waals surface area contributed by atoms with Gasteiger partial charge in [0, 0.05) is 74.7 Å². The maximum absolute atomic E-state index is 11.0. The van der Waals surface area contributed by atoms with E-state index < -0.39 is 5.60 Å². The van der Waals surface area contributed by atoms with Crippen molar-refractivity contribution in [3.05, 3.63) is 84.2 Å². The fourth-order valence-corrected chi connectivity index (χ4v) is 4.43. The van der Waals surface area contributed by atoms with Crippen LogP contribution in [-0.4, -0.2) is 73.1 Å². The van der Waals surface area contributed by atoms with Gasteiger partial charge in [-0.2, -0.15) is 5.10 Å². The smallest absolute Gasteiger partial charge is 0.225 e. The van der Waals surface area contributed by atoms with E-state index in [0.29, 0.717) is 37.7 Å². The van der Waals surface area contributed by atoms with Gasteiger partial charge in [0.15, 0.2) is 5.84 Å². The van der Waals surface area contributed by atoms with E-state index >= 15 is 0 Å². The Morgan fingerprint density at radius 2 is 1.78 bits per heavy atom. The highest BCUT2D eigenvalue weighted by Gasteiger charge is 2.28. The van der Waals surface area contributed by atoms with Gasteiger partial charge in [-0.05, 0) is 18.6 Å². The lowest BCUT2D eigenvalue weighted by molar-refractivity contribution is 0.101. The Bertz CT molecular complexity index is 1350. The first-order valence-electron chi connectivity index (χ1n) is 11.8. The van der Waals surface area contributed by atoms with Crippen LogP contribution < -0.4 is 4.90 Å². The molecule has 184 valence electrons. The number of hydrogen-bond acceptors (Lipinski definition) is 6. The third-order valence-electron chi connectivity index (χ3n) is 6.55. The van der Waals surface area contributed by atoms with E-state index in [1.54, 1.807) is 24.0 Å². The summed E-state index contributed by atoms with van der Waals surface area (Å²) in [6, 6.07) is 11.6. The topological polar surface area (TPSA) is 122 Å². The largest absolute Gasteiger partial charge is 0.381 e. The fraction of sp³-hybridized carbons (Fsp3) is 0.269. The van der Waals surface area contributed by atoms with Gasteiger partial charge in [0.25, 0.3) is 0 Å². The van der Waals surface area contributed by atoms with Gasteiger partial charge in [0.1, 0.15) is 11.9 Å². The molecule has 4 heterocycles. The van der Waals surface area contributed by atoms with Gasteiger partial charge >= 0.3 is 0 Å². The van der Waals surface area contributed by atoms with E-state index in [0.717, 1.165) is 34.6 Å². The zero-order valence-electron chi connectivity index (χ0n) is 20.3. The number of aromatic nitrogens is 5. The van der Waals surface area contributed by atoms with Crippen molar-refractivity contribution in [3.8, 4) is 11.1 Å². The summed E-state index contributed by atoms with van der Waals surface area (Å²) in [6.07, 6.45) is 10.2. The van der Waals surface area contributed by atoms with Crippen LogP contribution in [0.25, 0.3) is 11.1 Å². The lowest BCUT2D eigenvalue weighted by Crippen LogP contribution is -2.49. The maximum atomic E-state index is 11.0. The standard InChI is InChI=1S/C26H29N9O/c1-26(36,21-6-4-3-5-7-21)22-15-29-25(30-16-22)35-10-8-34(9-11-35)24(31-18-27)23-12-19(13-28-23)20-14-32-33(2)17-20/h3-7,12-18,27-28,36H,8-11H2,1-2H3/t26-/m1/s1. The maximum Gasteiger partial charge on any atom is 0.225 e. The van der Waals surface area contributed by atoms with Crippen LogP contribution in [0.1, 0.15) is 23.7 Å². The van der Waals surface area contributed by atoms with E-state index in [-0.39, 0.29) is 0 Å². The second-order valence-corrected chi connectivity index (χ2v) is 8.97. The number of nitrogens with zero attached hydrogens (tertiary/aromatic N) is 7. The number of aryl methyl sites for hydroxylation is 1. The first kappa shape index (κ1) is 23.4. The molecule has 0 aliphatic carbocycles. The SMILES string of the molecule is Cn1cc(-c2c[nH]c(C(=NC=N)N3CCN(c4ncc([C@](C)(O)c5ccccc5)cn4)CC3)c2)cn1. The number of aliphatic imine (C=N–C) groups is 1. The van der Waals surface area contributed by atoms with Crippen LogP contribution in [0.2, 0.25) is 0 Å². The summed E-state index contributed by atoms with van der Waals surface area (Å²) < 4.78 is 1.77. The minimum Gasteiger partial charge on any atom is -0.381 e. The van der Waals surface area contributed by atoms with Crippen molar-refractivity contribution >= 4 is 18.1 Å². The number of nitrogens with one attached hydrogen (secondary N) is 2. The van der Waals surface area contributed by atoms with Crippen LogP contribution in [0.3, 0.4) is 0 Å². The number of benzene rings is 1. The van der Waals surface area contributed by atoms with Crippen molar-refractivity contribution in [2.24, 2.45) is 12.0 Å². The Kier molecular flexibility index (Phi) is 6.34. The third kappa shape index (κ3) is 4.63. The first-order chi connectivity index (χ1) is 17.5. The Hall–Kier alpha value is -4.31. The Morgan fingerprint density at radius 3 is 2.42 bits per heavy atom. The molecule has 4 aromatic rings. The van der Waals surface area contributed by atoms with Gasteiger partial charge in [0.2, 0.25) is 5.95 Å². The average Bonchev–Trinajstić information content (AvgIpc) is 3.57. The van der Waals surface area contributed by atoms with Crippen molar-refractivity contribution in [1.82, 2.24) is 29.6 Å². The van der Waals surface area contributed by atoms with Gasteiger partial charge in [-0.15, -0.1) is 0 Å². The number of piperazine rings is 1. The Balaban J connectivity index is 1.26. The van der Waals surface area contributed by atoms with E-state index in [2.05, 4.69) is 34.8 Å². The molecule has 1 fully saturated rings. The predicted octanol–water partition coefficient (Wildman–Crippen LogP) is 2.64. The summed E-state index contributed by atoms with van der Waals surface area (Å²) in [5, 5.41) is 22.9. The van der Waals surface area contributed by atoms with E-state index in [1.165, 1.54) is 0 Å². The number of aromatic amines is 1. The molecule has 10 heteroatoms. The highest BCUT2D eigenvalue weighted by atomic mass is 16.3. The molecule has 1 aliphatic rings. The predicted molar refractivity (Wildman–Crippen MR) is 139 cm³/mol. The van der Waals surface area contributed by atoms with Crippen LogP contribution in [-0.2, 0) is 12.6 Å². The summed E-state index contributed by atoms with van der Waals surface area (Å²) >= 11 is 0. The van der Waals surface area contributed by atoms with Gasteiger partial charge in [-0.25, -0.2) is 15.0 Å². The van der Waals surface area contributed by atoms with Crippen molar-refractivity contribution in [2.45, 2.75) is 12.5 Å². The molecule has 3 aromatic heterocycles. The zero-order chi connectivity index (χ0) is 25.1. The normalized spacial score (nSPS) is 16.1. The fourth-order valence-electron chi connectivity index (χ4n) is 4.43. The van der Waals surface area contributed by atoms with Crippen molar-refractivity contribution < 1.29 is 5.11 Å². The summed E-state index contributed by atoms with van der Waals surface area (Å²) in [4.78, 5) is 21.0. The molecule has 1 aliphatic heterocycles. The summed E-state index contributed by atoms with van der Waals surface area (Å²) in [7, 11) is 1.89. The van der Waals surface area contributed by atoms with Gasteiger partial charge in [-0.3, -0.25) is 10.1 Å². The van der Waals surface area contributed by atoms with Crippen molar-refractivity contribution in [3.63, 3.8) is 0 Å². The van der Waals surface area contributed by atoms with Gasteiger partial charge in [-0.1, -0.05) is 30.3 Å². The van der Waals surface area contributed by atoms with Gasteiger partial charge < -0.3 is 19.9 Å². The molecule has 0 bridgehead atoms. The molecule has 5 rings (SSSR count). The number of aliphatic hydroxyl groups is 1. The molecule has 10 nitrogen and oxygen atoms in total. The minimum absolute atomic E-state index is 0.631. The molecule has 1 atom stereocenters. The summed E-state index contributed by atoms with van der Waals surface area (Å²) in [5.74, 6) is 1.36. The first-order valence-corrected chi connectivity index (χ1v) is 11.8. The molecule has 0 amide bonds. The monoisotopic (exact) mass is 483 g/mol. The number of H-pyrrole nitrogens is 1. The number of hydrogen-bond donors (Lipinski definition) is 3. The zero-order valence-corrected chi connectivity index (χ0v) is 20.3. The van der Waals surface area contributed by atoms with Crippen LogP contribution in [0.5, 0.6) is 0 Å². The second-order valence-electron chi connectivity index (χ2n) is 8.97. The molecular formula is C26H29N9O. The Morgan fingerprint density at radius 1 is 1.06 bits per heavy atom. The number of rotatable bonds is 6. The van der Waals surface area contributed by atoms with Crippen molar-refractivity contribution in [1.29, 1.82) is 5.41 Å². The second kappa shape index (κ2) is 9.74. The molecule has 0 radical (unpaired) electrons. The Labute approximate surface area is 209 Å². The molecule has 3 N–H and O–H groups in total. The number of amidine groups is 1. The van der Waals surface area contributed by atoms with Crippen LogP contribution in [0.15, 0.2) is 72.4 Å². The van der Waals surface area contributed by atoms with Crippen molar-refractivity contribution in [2.75, 3.05) is 31.1 Å². The summed E-state index contributed by atoms with van der Waals surface area (Å²) in [6.45, 7) is 4.59. The number of anilines is 1. The van der Waals surface area contributed by atoms with E-state index in [1.807, 2.05) is 62.0 Å². The van der Waals surface area contributed by atoms with Crippen LogP contribution >= 0.6 is 0 Å². The quantitative estimate of drug-likeness (QED) is 0.286.